The van der Waals surface area contributed by atoms with Crippen molar-refractivity contribution in [3.05, 3.63) is 46.3 Å². The quantitative estimate of drug-likeness (QED) is 0.272. The van der Waals surface area contributed by atoms with E-state index in [0.717, 1.165) is 25.3 Å². The molecule has 0 atom stereocenters. The van der Waals surface area contributed by atoms with Crippen molar-refractivity contribution in [2.45, 2.75) is 0 Å². The van der Waals surface area contributed by atoms with Crippen molar-refractivity contribution in [2.75, 3.05) is 0 Å². The Morgan fingerprint density at radius 2 is 1.74 bits per heavy atom. The van der Waals surface area contributed by atoms with Gasteiger partial charge >= 0.3 is 0 Å². The maximum Gasteiger partial charge on any atom is 0.209 e. The van der Waals surface area contributed by atoms with Crippen LogP contribution in [-0.2, 0) is 0 Å². The number of benzene rings is 2. The molecule has 0 spiro atoms. The third kappa shape index (κ3) is 2.23. The number of hydrogen-bond acceptors (Lipinski definition) is 3. The van der Waals surface area contributed by atoms with Crippen molar-refractivity contribution >= 4 is 85.3 Å². The van der Waals surface area contributed by atoms with Crippen LogP contribution >= 0.6 is 75.1 Å². The third-order valence-corrected chi connectivity index (χ3v) is 7.47. The van der Waals surface area contributed by atoms with Gasteiger partial charge in [0.25, 0.3) is 0 Å². The Bertz CT molecular complexity index is 845. The van der Waals surface area contributed by atoms with Gasteiger partial charge in [0.05, 0.1) is 34.2 Å². The van der Waals surface area contributed by atoms with Crippen LogP contribution in [0.15, 0.2) is 40.9 Å². The molecule has 19 heavy (non-hydrogen) atoms. The molecule has 0 bridgehead atoms. The number of halogens is 4. The fraction of sp³-hybridized carbons (Fsp3) is 0. The fourth-order valence-electron chi connectivity index (χ4n) is 1.71. The zero-order valence-electron chi connectivity index (χ0n) is 9.01. The van der Waals surface area contributed by atoms with Gasteiger partial charge in [0.2, 0.25) is 5.43 Å². The van der Waals surface area contributed by atoms with E-state index in [9.17, 15) is 4.79 Å². The largest absolute Gasteiger partial charge is 0.287 e. The second-order valence-corrected chi connectivity index (χ2v) is 8.03. The highest BCUT2D eigenvalue weighted by atomic mass is 79.9. The number of aromatic nitrogens is 1. The van der Waals surface area contributed by atoms with Gasteiger partial charge < -0.3 is 0 Å². The highest BCUT2D eigenvalue weighted by Gasteiger charge is 2.21. The molecule has 0 fully saturated rings. The van der Waals surface area contributed by atoms with Gasteiger partial charge in [0.1, 0.15) is 0 Å². The summed E-state index contributed by atoms with van der Waals surface area (Å²) in [7, 11) is 0. The van der Waals surface area contributed by atoms with Gasteiger partial charge in [0.15, 0.2) is 0 Å². The van der Waals surface area contributed by atoms with Crippen LogP contribution in [-0.4, -0.2) is 4.98 Å². The van der Waals surface area contributed by atoms with E-state index in [1.54, 1.807) is 0 Å². The first kappa shape index (κ1) is 14.1. The molecule has 0 unspecified atom stereocenters. The highest BCUT2D eigenvalue weighted by Crippen LogP contribution is 2.42. The number of fused-ring (bicyclic) bond motifs is 2. The van der Waals surface area contributed by atoms with E-state index in [4.69, 9.17) is 0 Å². The maximum absolute atomic E-state index is 12.1. The Balaban J connectivity index is 2.60. The molecule has 1 aliphatic carbocycles. The van der Waals surface area contributed by atoms with Crippen molar-refractivity contribution in [1.82, 2.24) is 4.98 Å². The van der Waals surface area contributed by atoms with E-state index in [1.165, 1.54) is 11.3 Å². The van der Waals surface area contributed by atoms with Gasteiger partial charge in [-0.15, -0.1) is 11.3 Å². The second kappa shape index (κ2) is 5.18. The number of para-hydroxylation sites is 1. The monoisotopic (exact) mass is 525 g/mol. The molecule has 96 valence electrons. The summed E-state index contributed by atoms with van der Waals surface area (Å²) in [6.45, 7) is 0. The minimum absolute atomic E-state index is 0.0771. The van der Waals surface area contributed by atoms with Crippen molar-refractivity contribution in [3.8, 4) is 10.6 Å². The minimum atomic E-state index is -0.0771. The van der Waals surface area contributed by atoms with Crippen LogP contribution in [0.5, 0.6) is 0 Å². The first-order valence-electron chi connectivity index (χ1n) is 5.06. The van der Waals surface area contributed by atoms with Crippen molar-refractivity contribution < 1.29 is 0 Å². The number of nitrogens with zero attached hydrogens (tertiary/aromatic N) is 1. The maximum atomic E-state index is 12.1. The first-order chi connectivity index (χ1) is 9.00. The van der Waals surface area contributed by atoms with E-state index >= 15 is 0 Å². The molecular formula is C12H3Br4NOS. The Kier molecular flexibility index (Phi) is 3.85. The predicted octanol–water partition coefficient (Wildman–Crippen LogP) is 5.81. The molecular weight excluding hydrogens is 526 g/mol. The van der Waals surface area contributed by atoms with Gasteiger partial charge in [-0.3, -0.25) is 4.79 Å². The molecule has 0 saturated carbocycles. The summed E-state index contributed by atoms with van der Waals surface area (Å²) in [5.74, 6) is 0. The van der Waals surface area contributed by atoms with Gasteiger partial charge in [-0.05, 0) is 75.9 Å². The summed E-state index contributed by atoms with van der Waals surface area (Å²) in [5.41, 5.74) is 1.58. The molecule has 1 aromatic carbocycles. The lowest BCUT2D eigenvalue weighted by Crippen LogP contribution is -2.07. The zero-order valence-corrected chi connectivity index (χ0v) is 16.2. The molecule has 1 aromatic rings. The Hall–Kier alpha value is 0.180. The second-order valence-electron chi connectivity index (χ2n) is 3.75. The lowest BCUT2D eigenvalue weighted by Gasteiger charge is -2.11. The zero-order chi connectivity index (χ0) is 13.7. The molecule has 2 aliphatic rings. The molecule has 1 aliphatic heterocycles. The summed E-state index contributed by atoms with van der Waals surface area (Å²) in [4.78, 5) is 17.5. The molecule has 3 rings (SSSR count). The Morgan fingerprint density at radius 1 is 1.00 bits per heavy atom. The van der Waals surface area contributed by atoms with Crippen LogP contribution in [0.3, 0.4) is 0 Å². The number of hydrogen-bond donors (Lipinski definition) is 0. The summed E-state index contributed by atoms with van der Waals surface area (Å²) < 4.78 is 3.67. The lowest BCUT2D eigenvalue weighted by molar-refractivity contribution is 1.34. The smallest absolute Gasteiger partial charge is 0.209 e. The predicted molar refractivity (Wildman–Crippen MR) is 93.3 cm³/mol. The number of rotatable bonds is 0. The summed E-state index contributed by atoms with van der Waals surface area (Å²) in [5, 5.41) is 0. The summed E-state index contributed by atoms with van der Waals surface area (Å²) in [6, 6.07) is 5.90. The lowest BCUT2D eigenvalue weighted by atomic mass is 10.2. The van der Waals surface area contributed by atoms with Crippen LogP contribution < -0.4 is 5.43 Å². The molecule has 0 amide bonds. The molecule has 1 heterocycles. The molecule has 7 heteroatoms. The molecule has 0 saturated heterocycles. The van der Waals surface area contributed by atoms with E-state index < -0.39 is 0 Å². The van der Waals surface area contributed by atoms with Crippen LogP contribution in [0.1, 0.15) is 0 Å². The van der Waals surface area contributed by atoms with E-state index in [2.05, 4.69) is 68.7 Å². The Labute approximate surface area is 146 Å². The van der Waals surface area contributed by atoms with Crippen LogP contribution in [0.25, 0.3) is 20.8 Å². The topological polar surface area (TPSA) is 30.0 Å². The fourth-order valence-corrected chi connectivity index (χ4v) is 5.22. The van der Waals surface area contributed by atoms with E-state index in [0.29, 0.717) is 13.4 Å². The molecule has 0 N–H and O–H groups in total. The van der Waals surface area contributed by atoms with E-state index in [1.807, 2.05) is 18.2 Å². The van der Waals surface area contributed by atoms with Gasteiger partial charge in [0, 0.05) is 4.47 Å². The third-order valence-electron chi connectivity index (χ3n) is 2.60. The first-order valence-corrected chi connectivity index (χ1v) is 9.05. The molecule has 0 aromatic heterocycles. The van der Waals surface area contributed by atoms with Crippen LogP contribution in [0.4, 0.5) is 0 Å². The van der Waals surface area contributed by atoms with Gasteiger partial charge in [-0.25, -0.2) is 4.98 Å². The van der Waals surface area contributed by atoms with Gasteiger partial charge in [-0.2, -0.15) is 0 Å². The van der Waals surface area contributed by atoms with Gasteiger partial charge in [-0.1, -0.05) is 6.07 Å². The average molecular weight is 529 g/mol. The van der Waals surface area contributed by atoms with E-state index in [-0.39, 0.29) is 5.43 Å². The van der Waals surface area contributed by atoms with Crippen molar-refractivity contribution in [2.24, 2.45) is 0 Å². The average Bonchev–Trinajstić information content (AvgIpc) is 2.42. The standard InChI is InChI=1S/C12H3Br4NOS/c13-4-2-1-3-5-9(4)17-10-6(14)7(15)11(18)8(16)12(10)19-5/h1-3H. The van der Waals surface area contributed by atoms with Crippen molar-refractivity contribution in [1.29, 1.82) is 0 Å². The Morgan fingerprint density at radius 3 is 2.47 bits per heavy atom. The molecule has 0 radical (unpaired) electrons. The molecule has 2 nitrogen and oxygen atoms in total. The normalized spacial score (nSPS) is 11.4. The highest BCUT2D eigenvalue weighted by molar-refractivity contribution is 9.13. The summed E-state index contributed by atoms with van der Waals surface area (Å²) in [6.07, 6.45) is 0. The SMILES string of the molecule is O=c1c(Br)c2sc3cccc(Br)c3nc-2c(Br)c1Br. The van der Waals surface area contributed by atoms with Crippen LogP contribution in [0, 0.1) is 0 Å². The minimum Gasteiger partial charge on any atom is -0.287 e. The summed E-state index contributed by atoms with van der Waals surface area (Å²) >= 11 is 15.1. The van der Waals surface area contributed by atoms with Crippen LogP contribution in [0.2, 0.25) is 0 Å². The van der Waals surface area contributed by atoms with Crippen molar-refractivity contribution in [3.63, 3.8) is 0 Å².